The van der Waals surface area contributed by atoms with E-state index in [-0.39, 0.29) is 24.6 Å². The Morgan fingerprint density at radius 1 is 1.50 bits per heavy atom. The van der Waals surface area contributed by atoms with E-state index in [0.29, 0.717) is 18.7 Å². The molecule has 0 spiro atoms. The zero-order valence-corrected chi connectivity index (χ0v) is 8.85. The second-order valence-electron chi connectivity index (χ2n) is 3.36. The van der Waals surface area contributed by atoms with E-state index in [9.17, 15) is 9.59 Å². The van der Waals surface area contributed by atoms with Crippen molar-refractivity contribution in [3.63, 3.8) is 0 Å². The first-order valence-electron chi connectivity index (χ1n) is 4.97. The Kier molecular flexibility index (Phi) is 4.53. The molecule has 1 heterocycles. The normalized spacial score (nSPS) is 10.1. The molecule has 0 aliphatic rings. The van der Waals surface area contributed by atoms with Crippen LogP contribution < -0.4 is 16.6 Å². The molecule has 1 aromatic rings. The number of aromatic nitrogens is 1. The summed E-state index contributed by atoms with van der Waals surface area (Å²) >= 11 is 0. The third kappa shape index (κ3) is 3.74. The van der Waals surface area contributed by atoms with Gasteiger partial charge in [0.05, 0.1) is 0 Å². The minimum atomic E-state index is -0.277. The number of aliphatic hydroxyl groups excluding tert-OH is 1. The summed E-state index contributed by atoms with van der Waals surface area (Å²) in [5.41, 5.74) is 5.66. The van der Waals surface area contributed by atoms with Crippen LogP contribution in [0.5, 0.6) is 0 Å². The molecule has 6 nitrogen and oxygen atoms in total. The van der Waals surface area contributed by atoms with E-state index >= 15 is 0 Å². The molecule has 0 atom stereocenters. The Bertz CT molecular complexity index is 414. The average molecular weight is 225 g/mol. The first kappa shape index (κ1) is 12.3. The molecule has 88 valence electrons. The number of hydrogen-bond donors (Lipinski definition) is 3. The van der Waals surface area contributed by atoms with Crippen molar-refractivity contribution in [2.75, 3.05) is 18.9 Å². The molecule has 4 N–H and O–H groups in total. The zero-order chi connectivity index (χ0) is 12.0. The van der Waals surface area contributed by atoms with Gasteiger partial charge in [-0.2, -0.15) is 0 Å². The molecule has 1 amide bonds. The molecule has 0 aliphatic heterocycles. The highest BCUT2D eigenvalue weighted by atomic mass is 16.3. The maximum absolute atomic E-state index is 11.4. The molecule has 0 bridgehead atoms. The molecule has 1 rings (SSSR count). The van der Waals surface area contributed by atoms with Gasteiger partial charge in [-0.25, -0.2) is 0 Å². The fourth-order valence-corrected chi connectivity index (χ4v) is 1.19. The molecule has 0 fully saturated rings. The summed E-state index contributed by atoms with van der Waals surface area (Å²) in [5, 5.41) is 11.1. The summed E-state index contributed by atoms with van der Waals surface area (Å²) in [6.07, 6.45) is 1.92. The van der Waals surface area contributed by atoms with Crippen molar-refractivity contribution in [3.8, 4) is 0 Å². The van der Waals surface area contributed by atoms with E-state index in [1.54, 1.807) is 0 Å². The van der Waals surface area contributed by atoms with Gasteiger partial charge >= 0.3 is 0 Å². The highest BCUT2D eigenvalue weighted by molar-refractivity contribution is 5.75. The quantitative estimate of drug-likeness (QED) is 0.556. The van der Waals surface area contributed by atoms with E-state index in [1.165, 1.54) is 22.9 Å². The Labute approximate surface area is 92.7 Å². The van der Waals surface area contributed by atoms with Gasteiger partial charge in [0, 0.05) is 31.1 Å². The van der Waals surface area contributed by atoms with Crippen LogP contribution >= 0.6 is 0 Å². The fourth-order valence-electron chi connectivity index (χ4n) is 1.19. The van der Waals surface area contributed by atoms with E-state index in [1.807, 2.05) is 0 Å². The van der Waals surface area contributed by atoms with E-state index in [4.69, 9.17) is 10.8 Å². The van der Waals surface area contributed by atoms with Crippen molar-refractivity contribution < 1.29 is 9.90 Å². The van der Waals surface area contributed by atoms with Crippen molar-refractivity contribution >= 4 is 11.6 Å². The van der Waals surface area contributed by atoms with Gasteiger partial charge in [-0.3, -0.25) is 9.59 Å². The monoisotopic (exact) mass is 225 g/mol. The molecule has 0 saturated carbocycles. The van der Waals surface area contributed by atoms with Crippen LogP contribution in [0.4, 0.5) is 5.69 Å². The van der Waals surface area contributed by atoms with E-state index < -0.39 is 0 Å². The van der Waals surface area contributed by atoms with E-state index in [2.05, 4.69) is 5.32 Å². The topological polar surface area (TPSA) is 97.4 Å². The lowest BCUT2D eigenvalue weighted by Gasteiger charge is -2.07. The summed E-state index contributed by atoms with van der Waals surface area (Å²) < 4.78 is 1.24. The first-order chi connectivity index (χ1) is 7.63. The summed E-state index contributed by atoms with van der Waals surface area (Å²) in [5.74, 6) is -0.277. The third-order valence-electron chi connectivity index (χ3n) is 1.98. The van der Waals surface area contributed by atoms with Gasteiger partial charge in [-0.15, -0.1) is 0 Å². The van der Waals surface area contributed by atoms with Crippen LogP contribution in [0.15, 0.2) is 23.1 Å². The smallest absolute Gasteiger partial charge is 0.251 e. The highest BCUT2D eigenvalue weighted by Gasteiger charge is 2.03. The van der Waals surface area contributed by atoms with Gasteiger partial charge in [0.15, 0.2) is 0 Å². The molecule has 1 aromatic heterocycles. The highest BCUT2D eigenvalue weighted by Crippen LogP contribution is 1.95. The number of hydrogen-bond acceptors (Lipinski definition) is 4. The number of nitrogens with two attached hydrogens (primary N) is 1. The maximum atomic E-state index is 11.4. The van der Waals surface area contributed by atoms with Crippen molar-refractivity contribution in [1.82, 2.24) is 9.88 Å². The van der Waals surface area contributed by atoms with Gasteiger partial charge in [-0.1, -0.05) is 0 Å². The lowest BCUT2D eigenvalue weighted by atomic mass is 10.4. The zero-order valence-electron chi connectivity index (χ0n) is 8.85. The number of nitrogens with one attached hydrogen (secondary N) is 1. The van der Waals surface area contributed by atoms with Gasteiger partial charge in [0.2, 0.25) is 5.91 Å². The molecule has 16 heavy (non-hydrogen) atoms. The standard InChI is InChI=1S/C10H15N3O3/c11-8-2-3-10(16)13(6-8)7-9(15)12-4-1-5-14/h2-3,6,14H,1,4-5,7,11H2,(H,12,15). The second kappa shape index (κ2) is 5.92. The van der Waals surface area contributed by atoms with Crippen molar-refractivity contribution in [2.45, 2.75) is 13.0 Å². The SMILES string of the molecule is Nc1ccc(=O)n(CC(=O)NCCCO)c1. The van der Waals surface area contributed by atoms with Crippen LogP contribution in [0.2, 0.25) is 0 Å². The molecule has 0 radical (unpaired) electrons. The number of amides is 1. The predicted octanol–water partition coefficient (Wildman–Crippen LogP) is -1.07. The predicted molar refractivity (Wildman–Crippen MR) is 59.8 cm³/mol. The molecule has 0 aliphatic carbocycles. The summed E-state index contributed by atoms with van der Waals surface area (Å²) in [6.45, 7) is 0.361. The number of nitrogens with zero attached hydrogens (tertiary/aromatic N) is 1. The lowest BCUT2D eigenvalue weighted by molar-refractivity contribution is -0.121. The van der Waals surface area contributed by atoms with E-state index in [0.717, 1.165) is 0 Å². The van der Waals surface area contributed by atoms with Crippen LogP contribution in [-0.2, 0) is 11.3 Å². The van der Waals surface area contributed by atoms with Gasteiger partial charge < -0.3 is 20.7 Å². The van der Waals surface area contributed by atoms with Crippen molar-refractivity contribution in [1.29, 1.82) is 0 Å². The van der Waals surface area contributed by atoms with Crippen LogP contribution in [-0.4, -0.2) is 28.7 Å². The minimum Gasteiger partial charge on any atom is -0.398 e. The van der Waals surface area contributed by atoms with Crippen LogP contribution in [0.25, 0.3) is 0 Å². The molecule has 0 aromatic carbocycles. The average Bonchev–Trinajstić information content (AvgIpc) is 2.24. The Morgan fingerprint density at radius 2 is 2.25 bits per heavy atom. The van der Waals surface area contributed by atoms with Crippen molar-refractivity contribution in [3.05, 3.63) is 28.7 Å². The molecule has 0 unspecified atom stereocenters. The molecule has 6 heteroatoms. The number of aliphatic hydroxyl groups is 1. The molecule has 0 saturated heterocycles. The minimum absolute atomic E-state index is 0.0263. The number of carbonyl (C=O) groups is 1. The number of rotatable bonds is 5. The number of nitrogen functional groups attached to an aromatic ring is 1. The lowest BCUT2D eigenvalue weighted by Crippen LogP contribution is -2.32. The number of carbonyl (C=O) groups excluding carboxylic acids is 1. The summed E-state index contributed by atoms with van der Waals surface area (Å²) in [7, 11) is 0. The maximum Gasteiger partial charge on any atom is 0.251 e. The summed E-state index contributed by atoms with van der Waals surface area (Å²) in [4.78, 5) is 22.7. The number of anilines is 1. The fraction of sp³-hybridized carbons (Fsp3) is 0.400. The Morgan fingerprint density at radius 3 is 2.94 bits per heavy atom. The Hall–Kier alpha value is -1.82. The first-order valence-corrected chi connectivity index (χ1v) is 4.97. The summed E-state index contributed by atoms with van der Waals surface area (Å²) in [6, 6.07) is 2.80. The van der Waals surface area contributed by atoms with Gasteiger partial charge in [-0.05, 0) is 12.5 Å². The van der Waals surface area contributed by atoms with Crippen LogP contribution in [0, 0.1) is 0 Å². The largest absolute Gasteiger partial charge is 0.398 e. The van der Waals surface area contributed by atoms with Gasteiger partial charge in [0.1, 0.15) is 6.54 Å². The number of pyridine rings is 1. The Balaban J connectivity index is 2.56. The third-order valence-corrected chi connectivity index (χ3v) is 1.98. The van der Waals surface area contributed by atoms with Gasteiger partial charge in [0.25, 0.3) is 5.56 Å². The van der Waals surface area contributed by atoms with Crippen molar-refractivity contribution in [2.24, 2.45) is 0 Å². The van der Waals surface area contributed by atoms with Crippen LogP contribution in [0.3, 0.4) is 0 Å². The van der Waals surface area contributed by atoms with Crippen LogP contribution in [0.1, 0.15) is 6.42 Å². The molecular weight excluding hydrogens is 210 g/mol. The molecular formula is C10H15N3O3. The second-order valence-corrected chi connectivity index (χ2v) is 3.36.